The number of hydrogen-bond donors (Lipinski definition) is 3. The second-order valence-electron chi connectivity index (χ2n) is 12.3. The van der Waals surface area contributed by atoms with E-state index >= 15 is 0 Å². The molecule has 9 heteroatoms. The fourth-order valence-corrected chi connectivity index (χ4v) is 11.3. The van der Waals surface area contributed by atoms with Gasteiger partial charge in [-0.2, -0.15) is 0 Å². The summed E-state index contributed by atoms with van der Waals surface area (Å²) in [6.07, 6.45) is 0.424. The second-order valence-corrected chi connectivity index (χ2v) is 12.3. The van der Waals surface area contributed by atoms with Crippen molar-refractivity contribution in [2.24, 2.45) is 28.6 Å². The molecule has 0 aromatic rings. The molecule has 0 unspecified atom stereocenters. The average Bonchev–Trinajstić information content (AvgIpc) is 3.21. The molecule has 13 atom stereocenters. The van der Waals surface area contributed by atoms with Crippen LogP contribution in [0.4, 0.5) is 0 Å². The molecule has 35 heavy (non-hydrogen) atoms. The van der Waals surface area contributed by atoms with Gasteiger partial charge in [-0.25, -0.2) is 0 Å². The maximum absolute atomic E-state index is 13.2. The van der Waals surface area contributed by atoms with E-state index in [9.17, 15) is 15.3 Å². The lowest BCUT2D eigenvalue weighted by atomic mass is 9.41. The molecule has 5 saturated carbocycles. The highest BCUT2D eigenvalue weighted by molar-refractivity contribution is 5.45. The lowest BCUT2D eigenvalue weighted by molar-refractivity contribution is -0.358. The molecule has 1 heterocycles. The Labute approximate surface area is 208 Å². The number of fused-ring (bicyclic) bond motifs is 2. The molecule has 6 aliphatic rings. The molecule has 0 amide bonds. The van der Waals surface area contributed by atoms with E-state index in [2.05, 4.69) is 11.8 Å². The summed E-state index contributed by atoms with van der Waals surface area (Å²) in [5.41, 5.74) is -5.89. The molecule has 1 aliphatic heterocycles. The topological polar surface area (TPSA) is 110 Å². The van der Waals surface area contributed by atoms with E-state index in [1.165, 1.54) is 0 Å². The number of likely N-dealkylation sites (N-methyl/N-ethyl adjacent to an activating group) is 1. The van der Waals surface area contributed by atoms with Gasteiger partial charge in [0.25, 0.3) is 0 Å². The number of hydrogen-bond acceptors (Lipinski definition) is 9. The van der Waals surface area contributed by atoms with Gasteiger partial charge in [0.2, 0.25) is 0 Å². The number of methoxy groups -OCH3 is 5. The van der Waals surface area contributed by atoms with Gasteiger partial charge in [-0.3, -0.25) is 4.90 Å². The van der Waals surface area contributed by atoms with E-state index in [-0.39, 0.29) is 35.9 Å². The van der Waals surface area contributed by atoms with Crippen LogP contribution < -0.4 is 0 Å². The number of rotatable bonds is 7. The second kappa shape index (κ2) is 7.61. The summed E-state index contributed by atoms with van der Waals surface area (Å²) < 4.78 is 30.3. The van der Waals surface area contributed by atoms with Gasteiger partial charge in [-0.05, 0) is 25.8 Å². The van der Waals surface area contributed by atoms with Crippen molar-refractivity contribution in [1.82, 2.24) is 4.90 Å². The zero-order chi connectivity index (χ0) is 25.2. The fraction of sp³-hybridized carbons (Fsp3) is 1.00. The van der Waals surface area contributed by atoms with Crippen LogP contribution in [0.25, 0.3) is 0 Å². The van der Waals surface area contributed by atoms with E-state index in [0.29, 0.717) is 26.1 Å². The summed E-state index contributed by atoms with van der Waals surface area (Å²) in [7, 11) is 8.33. The van der Waals surface area contributed by atoms with Crippen molar-refractivity contribution in [3.05, 3.63) is 0 Å². The van der Waals surface area contributed by atoms with Gasteiger partial charge in [-0.1, -0.05) is 6.92 Å². The van der Waals surface area contributed by atoms with Crippen LogP contribution in [0.15, 0.2) is 0 Å². The minimum Gasteiger partial charge on any atom is -0.389 e. The molecule has 1 spiro atoms. The molecule has 1 saturated heterocycles. The van der Waals surface area contributed by atoms with E-state index < -0.39 is 46.4 Å². The number of ether oxygens (including phenoxy) is 5. The molecular weight excluding hydrogens is 454 g/mol. The zero-order valence-corrected chi connectivity index (χ0v) is 21.9. The van der Waals surface area contributed by atoms with Crippen molar-refractivity contribution < 1.29 is 39.0 Å². The van der Waals surface area contributed by atoms with Gasteiger partial charge >= 0.3 is 0 Å². The fourth-order valence-electron chi connectivity index (χ4n) is 11.3. The van der Waals surface area contributed by atoms with Gasteiger partial charge in [0, 0.05) is 71.7 Å². The Morgan fingerprint density at radius 3 is 2.20 bits per heavy atom. The molecule has 0 aromatic carbocycles. The van der Waals surface area contributed by atoms with Crippen LogP contribution in [0.1, 0.15) is 32.6 Å². The molecule has 6 fully saturated rings. The first-order valence-corrected chi connectivity index (χ1v) is 13.2. The minimum atomic E-state index is -1.67. The van der Waals surface area contributed by atoms with Crippen molar-refractivity contribution in [1.29, 1.82) is 0 Å². The Morgan fingerprint density at radius 1 is 0.886 bits per heavy atom. The van der Waals surface area contributed by atoms with E-state index in [4.69, 9.17) is 23.7 Å². The number of aliphatic hydroxyl groups is 3. The van der Waals surface area contributed by atoms with Crippen LogP contribution in [0.2, 0.25) is 0 Å². The Kier molecular flexibility index (Phi) is 5.42. The number of likely N-dealkylation sites (tertiary alicyclic amines) is 1. The lowest BCUT2D eigenvalue weighted by Crippen LogP contribution is -2.86. The summed E-state index contributed by atoms with van der Waals surface area (Å²) in [5.74, 6) is -1.04. The maximum atomic E-state index is 13.2. The smallest absolute Gasteiger partial charge is 0.136 e. The van der Waals surface area contributed by atoms with Crippen molar-refractivity contribution in [3.8, 4) is 0 Å². The molecule has 200 valence electrons. The molecule has 9 nitrogen and oxygen atoms in total. The first kappa shape index (κ1) is 24.9. The molecule has 6 rings (SSSR count). The third-order valence-electron chi connectivity index (χ3n) is 11.8. The van der Waals surface area contributed by atoms with Crippen LogP contribution in [-0.4, -0.2) is 123 Å². The van der Waals surface area contributed by atoms with Crippen LogP contribution in [0.3, 0.4) is 0 Å². The Hall–Kier alpha value is -0.360. The van der Waals surface area contributed by atoms with Crippen LogP contribution in [0, 0.1) is 28.6 Å². The average molecular weight is 498 g/mol. The first-order valence-electron chi connectivity index (χ1n) is 13.2. The molecule has 7 bridgehead atoms. The summed E-state index contributed by atoms with van der Waals surface area (Å²) in [4.78, 5) is 2.28. The SMILES string of the molecule is CCN1C[C@]2(COC)CC[C@H](OC)[C@@]34[C@@H]2[C@H](OC)[C@@](O)([C@@H]13)[C@@]1(O)C[C@@H](OC)[C@H]2C[C@]4(O)[C@@H]1[C@H]2OC. The maximum Gasteiger partial charge on any atom is 0.136 e. The molecule has 0 radical (unpaired) electrons. The lowest BCUT2D eigenvalue weighted by Gasteiger charge is -2.72. The molecular formula is C26H43NO8. The molecule has 0 aromatic heterocycles. The number of piperidine rings is 1. The third kappa shape index (κ3) is 2.31. The summed E-state index contributed by atoms with van der Waals surface area (Å²) in [5, 5.41) is 39.1. The van der Waals surface area contributed by atoms with E-state index in [1.807, 2.05) is 0 Å². The number of nitrogens with zero attached hydrogens (tertiary/aromatic N) is 1. The monoisotopic (exact) mass is 497 g/mol. The van der Waals surface area contributed by atoms with Gasteiger partial charge in [-0.15, -0.1) is 0 Å². The Bertz CT molecular complexity index is 876. The predicted molar refractivity (Wildman–Crippen MR) is 125 cm³/mol. The highest BCUT2D eigenvalue weighted by Crippen LogP contribution is 2.81. The molecule has 3 N–H and O–H groups in total. The van der Waals surface area contributed by atoms with Crippen LogP contribution >= 0.6 is 0 Å². The van der Waals surface area contributed by atoms with Gasteiger partial charge in [0.1, 0.15) is 11.2 Å². The van der Waals surface area contributed by atoms with Crippen molar-refractivity contribution in [2.75, 3.05) is 55.2 Å². The third-order valence-corrected chi connectivity index (χ3v) is 11.8. The zero-order valence-electron chi connectivity index (χ0n) is 21.9. The summed E-state index contributed by atoms with van der Waals surface area (Å²) in [6, 6.07) is -0.539. The largest absolute Gasteiger partial charge is 0.389 e. The van der Waals surface area contributed by atoms with Crippen molar-refractivity contribution >= 4 is 0 Å². The van der Waals surface area contributed by atoms with E-state index in [1.54, 1.807) is 35.5 Å². The summed E-state index contributed by atoms with van der Waals surface area (Å²) >= 11 is 0. The normalized spacial score (nSPS) is 60.3. The Balaban J connectivity index is 1.72. The summed E-state index contributed by atoms with van der Waals surface area (Å²) in [6.45, 7) is 3.96. The Morgan fingerprint density at radius 2 is 1.63 bits per heavy atom. The van der Waals surface area contributed by atoms with Crippen molar-refractivity contribution in [3.63, 3.8) is 0 Å². The van der Waals surface area contributed by atoms with Gasteiger partial charge in [0.05, 0.1) is 48.1 Å². The van der Waals surface area contributed by atoms with Crippen LogP contribution in [-0.2, 0) is 23.7 Å². The van der Waals surface area contributed by atoms with E-state index in [0.717, 1.165) is 12.8 Å². The highest BCUT2D eigenvalue weighted by atomic mass is 16.5. The standard InChI is InChI=1S/C26H43NO8/c1-7-27-12-22(13-31-2)9-8-16(33-4)25-19(22)20(35-6)26(30,21(25)27)24(29)11-15(32-3)14-10-23(25,28)18(24)17(14)34-5/h14-21,28-30H,7-13H2,1-6H3/t14-,15-,16+,17+,18+,19-,20+,21+,22+,23+,24-,25-,26-/m1/s1. The highest BCUT2D eigenvalue weighted by Gasteiger charge is 2.95. The van der Waals surface area contributed by atoms with Gasteiger partial charge < -0.3 is 39.0 Å². The molecule has 5 aliphatic carbocycles. The predicted octanol–water partition coefficient (Wildman–Crippen LogP) is 0.0400. The quantitative estimate of drug-likeness (QED) is 0.449. The first-order chi connectivity index (χ1) is 16.7. The van der Waals surface area contributed by atoms with Crippen molar-refractivity contribution in [2.45, 2.75) is 79.9 Å². The minimum absolute atomic E-state index is 0.0920. The van der Waals surface area contributed by atoms with Crippen LogP contribution in [0.5, 0.6) is 0 Å². The van der Waals surface area contributed by atoms with Gasteiger partial charge in [0.15, 0.2) is 0 Å².